The number of hydrogen-bond acceptors (Lipinski definition) is 2. The fraction of sp³-hybridized carbons (Fsp3) is 0.188. The fourth-order valence-electron chi connectivity index (χ4n) is 2.09. The summed E-state index contributed by atoms with van der Waals surface area (Å²) in [5.74, 6) is 0.0745. The number of ketones is 1. The molecule has 92 valence electrons. The molecule has 0 aliphatic carbocycles. The van der Waals surface area contributed by atoms with Gasteiger partial charge >= 0.3 is 0 Å². The van der Waals surface area contributed by atoms with Gasteiger partial charge in [-0.2, -0.15) is 0 Å². The van der Waals surface area contributed by atoms with E-state index >= 15 is 0 Å². The van der Waals surface area contributed by atoms with Crippen molar-refractivity contribution in [3.05, 3.63) is 64.7 Å². The molecule has 0 amide bonds. The Balaban J connectivity index is 2.30. The summed E-state index contributed by atoms with van der Waals surface area (Å²) >= 11 is 0. The van der Waals surface area contributed by atoms with Crippen LogP contribution in [0, 0.1) is 13.8 Å². The lowest BCUT2D eigenvalue weighted by atomic mass is 9.97. The number of carbonyl (C=O) groups excluding carboxylic acids is 1. The second kappa shape index (κ2) is 5.05. The van der Waals surface area contributed by atoms with Crippen LogP contribution in [0.4, 0.5) is 5.69 Å². The minimum atomic E-state index is 0.0745. The van der Waals surface area contributed by atoms with Gasteiger partial charge in [-0.25, -0.2) is 0 Å². The number of Topliss-reactive ketones (excluding diaryl/α,β-unsaturated/α-hetero) is 1. The maximum Gasteiger partial charge on any atom is 0.169 e. The predicted molar refractivity (Wildman–Crippen MR) is 74.8 cm³/mol. The van der Waals surface area contributed by atoms with Gasteiger partial charge in [0.15, 0.2) is 5.78 Å². The molecule has 2 aromatic rings. The van der Waals surface area contributed by atoms with Crippen molar-refractivity contribution < 1.29 is 4.79 Å². The summed E-state index contributed by atoms with van der Waals surface area (Å²) in [5, 5.41) is 0. The summed E-state index contributed by atoms with van der Waals surface area (Å²) in [4.78, 5) is 12.3. The highest BCUT2D eigenvalue weighted by molar-refractivity contribution is 6.02. The highest BCUT2D eigenvalue weighted by Crippen LogP contribution is 2.21. The molecule has 0 atom stereocenters. The highest BCUT2D eigenvalue weighted by Gasteiger charge is 2.12. The van der Waals surface area contributed by atoms with E-state index in [1.54, 1.807) is 0 Å². The van der Waals surface area contributed by atoms with Crippen LogP contribution in [0.2, 0.25) is 0 Å². The molecule has 0 saturated heterocycles. The number of benzene rings is 2. The Morgan fingerprint density at radius 2 is 1.78 bits per heavy atom. The molecule has 2 N–H and O–H groups in total. The number of anilines is 1. The predicted octanol–water partition coefficient (Wildman–Crippen LogP) is 3.31. The Hall–Kier alpha value is -2.09. The Bertz CT molecular complexity index is 573. The van der Waals surface area contributed by atoms with Gasteiger partial charge in [-0.15, -0.1) is 0 Å². The van der Waals surface area contributed by atoms with E-state index in [0.717, 1.165) is 16.7 Å². The lowest BCUT2D eigenvalue weighted by Crippen LogP contribution is -2.08. The summed E-state index contributed by atoms with van der Waals surface area (Å²) in [6.07, 6.45) is 0.397. The van der Waals surface area contributed by atoms with Gasteiger partial charge in [0.25, 0.3) is 0 Å². The number of hydrogen-bond donors (Lipinski definition) is 1. The van der Waals surface area contributed by atoms with Crippen LogP contribution in [0.1, 0.15) is 27.0 Å². The topological polar surface area (TPSA) is 43.1 Å². The smallest absolute Gasteiger partial charge is 0.169 e. The van der Waals surface area contributed by atoms with Crippen LogP contribution in [0.3, 0.4) is 0 Å². The van der Waals surface area contributed by atoms with Crippen molar-refractivity contribution in [3.63, 3.8) is 0 Å². The minimum Gasteiger partial charge on any atom is -0.398 e. The number of carbonyl (C=O) groups is 1. The Kier molecular flexibility index (Phi) is 3.47. The zero-order valence-electron chi connectivity index (χ0n) is 10.7. The normalized spacial score (nSPS) is 10.3. The van der Waals surface area contributed by atoms with Crippen LogP contribution in [-0.2, 0) is 6.42 Å². The van der Waals surface area contributed by atoms with Crippen molar-refractivity contribution in [1.29, 1.82) is 0 Å². The first-order valence-electron chi connectivity index (χ1n) is 6.02. The molecule has 0 aliphatic heterocycles. The first-order valence-corrected chi connectivity index (χ1v) is 6.02. The molecule has 0 heterocycles. The molecule has 0 unspecified atom stereocenters. The molecule has 0 aromatic heterocycles. The molecule has 2 rings (SSSR count). The van der Waals surface area contributed by atoms with Crippen molar-refractivity contribution in [2.24, 2.45) is 0 Å². The van der Waals surface area contributed by atoms with Crippen molar-refractivity contribution in [3.8, 4) is 0 Å². The molecular weight excluding hydrogens is 222 g/mol. The maximum atomic E-state index is 12.3. The van der Waals surface area contributed by atoms with Gasteiger partial charge in [0.2, 0.25) is 0 Å². The fourth-order valence-corrected chi connectivity index (χ4v) is 2.09. The number of aryl methyl sites for hydroxylation is 2. The van der Waals surface area contributed by atoms with Crippen LogP contribution in [-0.4, -0.2) is 5.78 Å². The quantitative estimate of drug-likeness (QED) is 0.659. The third-order valence-electron chi connectivity index (χ3n) is 3.04. The number of nitrogens with two attached hydrogens (primary N) is 1. The van der Waals surface area contributed by atoms with E-state index < -0.39 is 0 Å². The maximum absolute atomic E-state index is 12.3. The van der Waals surface area contributed by atoms with E-state index in [1.165, 1.54) is 0 Å². The van der Waals surface area contributed by atoms with E-state index in [0.29, 0.717) is 17.7 Å². The first kappa shape index (κ1) is 12.4. The Morgan fingerprint density at radius 1 is 1.11 bits per heavy atom. The lowest BCUT2D eigenvalue weighted by Gasteiger charge is -2.09. The van der Waals surface area contributed by atoms with E-state index in [2.05, 4.69) is 0 Å². The van der Waals surface area contributed by atoms with Gasteiger partial charge in [0.1, 0.15) is 0 Å². The molecule has 0 fully saturated rings. The van der Waals surface area contributed by atoms with Crippen LogP contribution in [0.15, 0.2) is 42.5 Å². The average Bonchev–Trinajstić information content (AvgIpc) is 2.35. The van der Waals surface area contributed by atoms with Gasteiger partial charge in [0.05, 0.1) is 0 Å². The summed E-state index contributed by atoms with van der Waals surface area (Å²) < 4.78 is 0. The van der Waals surface area contributed by atoms with Gasteiger partial charge in [-0.05, 0) is 36.6 Å². The summed E-state index contributed by atoms with van der Waals surface area (Å²) in [6.45, 7) is 3.91. The summed E-state index contributed by atoms with van der Waals surface area (Å²) in [5.41, 5.74) is 10.3. The second-order valence-corrected chi connectivity index (χ2v) is 4.63. The van der Waals surface area contributed by atoms with Crippen molar-refractivity contribution >= 4 is 11.5 Å². The van der Waals surface area contributed by atoms with E-state index in [9.17, 15) is 4.79 Å². The molecular formula is C16H17NO. The van der Waals surface area contributed by atoms with E-state index in [4.69, 9.17) is 5.73 Å². The highest BCUT2D eigenvalue weighted by atomic mass is 16.1. The molecule has 0 aliphatic rings. The third-order valence-corrected chi connectivity index (χ3v) is 3.04. The van der Waals surface area contributed by atoms with Crippen LogP contribution < -0.4 is 5.73 Å². The molecule has 0 bridgehead atoms. The van der Waals surface area contributed by atoms with Crippen LogP contribution >= 0.6 is 0 Å². The van der Waals surface area contributed by atoms with Gasteiger partial charge in [-0.3, -0.25) is 4.79 Å². The standard InChI is InChI=1S/C16H17NO/c1-11-8-12(2)16(17)14(9-11)15(18)10-13-6-4-3-5-7-13/h3-9H,10,17H2,1-2H3. The Labute approximate surface area is 107 Å². The van der Waals surface area contributed by atoms with Crippen LogP contribution in [0.5, 0.6) is 0 Å². The SMILES string of the molecule is Cc1cc(C)c(N)c(C(=O)Cc2ccccc2)c1. The molecule has 0 radical (unpaired) electrons. The molecule has 2 heteroatoms. The lowest BCUT2D eigenvalue weighted by molar-refractivity contribution is 0.0993. The number of rotatable bonds is 3. The molecule has 0 spiro atoms. The van der Waals surface area contributed by atoms with E-state index in [1.807, 2.05) is 56.3 Å². The summed E-state index contributed by atoms with van der Waals surface area (Å²) in [7, 11) is 0. The zero-order chi connectivity index (χ0) is 13.1. The van der Waals surface area contributed by atoms with Gasteiger partial charge < -0.3 is 5.73 Å². The number of nitrogen functional groups attached to an aromatic ring is 1. The van der Waals surface area contributed by atoms with E-state index in [-0.39, 0.29) is 5.78 Å². The van der Waals surface area contributed by atoms with Crippen molar-refractivity contribution in [2.75, 3.05) is 5.73 Å². The summed E-state index contributed by atoms with van der Waals surface area (Å²) in [6, 6.07) is 13.6. The van der Waals surface area contributed by atoms with Crippen molar-refractivity contribution in [2.45, 2.75) is 20.3 Å². The van der Waals surface area contributed by atoms with Crippen molar-refractivity contribution in [1.82, 2.24) is 0 Å². The first-order chi connectivity index (χ1) is 8.58. The average molecular weight is 239 g/mol. The monoisotopic (exact) mass is 239 g/mol. The Morgan fingerprint density at radius 3 is 2.44 bits per heavy atom. The molecule has 18 heavy (non-hydrogen) atoms. The minimum absolute atomic E-state index is 0.0745. The van der Waals surface area contributed by atoms with Crippen LogP contribution in [0.25, 0.3) is 0 Å². The largest absolute Gasteiger partial charge is 0.398 e. The third kappa shape index (κ3) is 2.59. The van der Waals surface area contributed by atoms with Gasteiger partial charge in [-0.1, -0.05) is 36.4 Å². The second-order valence-electron chi connectivity index (χ2n) is 4.63. The molecule has 2 nitrogen and oxygen atoms in total. The van der Waals surface area contributed by atoms with Gasteiger partial charge in [0, 0.05) is 17.7 Å². The molecule has 2 aromatic carbocycles. The zero-order valence-corrected chi connectivity index (χ0v) is 10.7. The molecule has 0 saturated carbocycles.